The molecule has 0 spiro atoms. The molecule has 0 rings (SSSR count). The van der Waals surface area contributed by atoms with Crippen molar-refractivity contribution in [3.05, 3.63) is 12.2 Å². The number of rotatable bonds is 9. The van der Waals surface area contributed by atoms with Crippen LogP contribution < -0.4 is 0 Å². The fourth-order valence-electron chi connectivity index (χ4n) is 1.40. The predicted octanol–water partition coefficient (Wildman–Crippen LogP) is 1.77. The van der Waals surface area contributed by atoms with E-state index in [4.69, 9.17) is 9.47 Å². The maximum absolute atomic E-state index is 11.5. The van der Waals surface area contributed by atoms with E-state index in [9.17, 15) is 9.59 Å². The van der Waals surface area contributed by atoms with E-state index in [1.54, 1.807) is 13.0 Å². The SMILES string of the molecule is C/C=C/COC(=O)CC(C)OC(=O)CCCN(C)C. The molecule has 110 valence electrons. The average Bonchev–Trinajstić information content (AvgIpc) is 2.28. The summed E-state index contributed by atoms with van der Waals surface area (Å²) in [6, 6.07) is 0. The zero-order valence-corrected chi connectivity index (χ0v) is 12.3. The Morgan fingerprint density at radius 2 is 1.95 bits per heavy atom. The predicted molar refractivity (Wildman–Crippen MR) is 73.7 cm³/mol. The zero-order valence-electron chi connectivity index (χ0n) is 12.3. The molecule has 0 aliphatic carbocycles. The van der Waals surface area contributed by atoms with Crippen LogP contribution in [-0.4, -0.2) is 50.2 Å². The summed E-state index contributed by atoms with van der Waals surface area (Å²) in [7, 11) is 3.91. The van der Waals surface area contributed by atoms with Gasteiger partial charge >= 0.3 is 11.9 Å². The van der Waals surface area contributed by atoms with Crippen molar-refractivity contribution < 1.29 is 19.1 Å². The molecular formula is C14H25NO4. The molecule has 0 saturated heterocycles. The van der Waals surface area contributed by atoms with E-state index in [1.165, 1.54) is 0 Å². The standard InChI is InChI=1S/C14H25NO4/c1-5-6-10-18-14(17)11-12(2)19-13(16)8-7-9-15(3)4/h5-6,12H,7-11H2,1-4H3/b6-5+. The Labute approximate surface area is 115 Å². The van der Waals surface area contributed by atoms with Crippen molar-refractivity contribution >= 4 is 11.9 Å². The van der Waals surface area contributed by atoms with E-state index >= 15 is 0 Å². The quantitative estimate of drug-likeness (QED) is 0.472. The molecule has 0 amide bonds. The van der Waals surface area contributed by atoms with Crippen LogP contribution in [0.15, 0.2) is 12.2 Å². The number of carbonyl (C=O) groups is 2. The lowest BCUT2D eigenvalue weighted by Crippen LogP contribution is -2.21. The lowest BCUT2D eigenvalue weighted by Gasteiger charge is -2.13. The fraction of sp³-hybridized carbons (Fsp3) is 0.714. The van der Waals surface area contributed by atoms with Gasteiger partial charge in [-0.25, -0.2) is 0 Å². The van der Waals surface area contributed by atoms with Gasteiger partial charge in [0.1, 0.15) is 12.7 Å². The van der Waals surface area contributed by atoms with Crippen molar-refractivity contribution in [1.29, 1.82) is 0 Å². The summed E-state index contributed by atoms with van der Waals surface area (Å²) in [5, 5.41) is 0. The van der Waals surface area contributed by atoms with Crippen molar-refractivity contribution in [3.8, 4) is 0 Å². The number of allylic oxidation sites excluding steroid dienone is 1. The minimum Gasteiger partial charge on any atom is -0.462 e. The smallest absolute Gasteiger partial charge is 0.309 e. The first-order chi connectivity index (χ1) is 8.95. The van der Waals surface area contributed by atoms with Crippen LogP contribution in [0, 0.1) is 0 Å². The van der Waals surface area contributed by atoms with Crippen LogP contribution in [0.4, 0.5) is 0 Å². The van der Waals surface area contributed by atoms with Gasteiger partial charge in [-0.1, -0.05) is 12.2 Å². The third kappa shape index (κ3) is 11.5. The highest BCUT2D eigenvalue weighted by molar-refractivity contribution is 5.72. The van der Waals surface area contributed by atoms with Gasteiger partial charge in [0.2, 0.25) is 0 Å². The molecule has 0 radical (unpaired) electrons. The van der Waals surface area contributed by atoms with Crippen molar-refractivity contribution in [2.24, 2.45) is 0 Å². The van der Waals surface area contributed by atoms with Crippen LogP contribution in [0.25, 0.3) is 0 Å². The van der Waals surface area contributed by atoms with E-state index in [0.29, 0.717) is 6.42 Å². The normalized spacial score (nSPS) is 12.7. The molecule has 1 unspecified atom stereocenters. The molecule has 0 aromatic rings. The molecule has 0 saturated carbocycles. The Bertz CT molecular complexity index is 300. The molecule has 1 atom stereocenters. The van der Waals surface area contributed by atoms with Gasteiger partial charge in [-0.3, -0.25) is 9.59 Å². The lowest BCUT2D eigenvalue weighted by atomic mass is 10.2. The van der Waals surface area contributed by atoms with Gasteiger partial charge in [-0.2, -0.15) is 0 Å². The van der Waals surface area contributed by atoms with Gasteiger partial charge in [0.15, 0.2) is 0 Å². The van der Waals surface area contributed by atoms with Crippen molar-refractivity contribution in [2.75, 3.05) is 27.2 Å². The number of esters is 2. The molecule has 5 nitrogen and oxygen atoms in total. The highest BCUT2D eigenvalue weighted by Gasteiger charge is 2.14. The molecular weight excluding hydrogens is 246 g/mol. The Balaban J connectivity index is 3.74. The first kappa shape index (κ1) is 17.6. The molecule has 5 heteroatoms. The lowest BCUT2D eigenvalue weighted by molar-refractivity contribution is -0.153. The molecule has 0 aromatic heterocycles. The third-order valence-electron chi connectivity index (χ3n) is 2.35. The topological polar surface area (TPSA) is 55.8 Å². The Kier molecular flexibility index (Phi) is 9.80. The van der Waals surface area contributed by atoms with Gasteiger partial charge in [0, 0.05) is 6.42 Å². The van der Waals surface area contributed by atoms with Crippen LogP contribution in [0.3, 0.4) is 0 Å². The van der Waals surface area contributed by atoms with E-state index in [1.807, 2.05) is 32.0 Å². The molecule has 0 aromatic carbocycles. The minimum absolute atomic E-state index is 0.0942. The van der Waals surface area contributed by atoms with E-state index in [2.05, 4.69) is 0 Å². The second kappa shape index (κ2) is 10.6. The molecule has 0 bridgehead atoms. The second-order valence-electron chi connectivity index (χ2n) is 4.66. The maximum atomic E-state index is 11.5. The van der Waals surface area contributed by atoms with Crippen LogP contribution in [-0.2, 0) is 19.1 Å². The van der Waals surface area contributed by atoms with E-state index in [-0.39, 0.29) is 25.0 Å². The molecule has 0 aliphatic heterocycles. The molecule has 19 heavy (non-hydrogen) atoms. The maximum Gasteiger partial charge on any atom is 0.309 e. The third-order valence-corrected chi connectivity index (χ3v) is 2.35. The monoisotopic (exact) mass is 271 g/mol. The average molecular weight is 271 g/mol. The molecule has 0 fully saturated rings. The van der Waals surface area contributed by atoms with Crippen molar-refractivity contribution in [2.45, 2.75) is 39.2 Å². The number of ether oxygens (including phenoxy) is 2. The largest absolute Gasteiger partial charge is 0.462 e. The molecule has 0 aliphatic rings. The first-order valence-corrected chi connectivity index (χ1v) is 6.56. The summed E-state index contributed by atoms with van der Waals surface area (Å²) >= 11 is 0. The summed E-state index contributed by atoms with van der Waals surface area (Å²) in [6.45, 7) is 4.65. The Morgan fingerprint density at radius 3 is 2.53 bits per heavy atom. The summed E-state index contributed by atoms with van der Waals surface area (Å²) in [4.78, 5) is 24.8. The highest BCUT2D eigenvalue weighted by atomic mass is 16.6. The number of carbonyl (C=O) groups excluding carboxylic acids is 2. The van der Waals surface area contributed by atoms with Gasteiger partial charge in [0.25, 0.3) is 0 Å². The molecule has 0 heterocycles. The Hall–Kier alpha value is -1.36. The van der Waals surface area contributed by atoms with Crippen molar-refractivity contribution in [3.63, 3.8) is 0 Å². The van der Waals surface area contributed by atoms with E-state index < -0.39 is 6.10 Å². The van der Waals surface area contributed by atoms with E-state index in [0.717, 1.165) is 13.0 Å². The summed E-state index contributed by atoms with van der Waals surface area (Å²) in [6.07, 6.45) is 4.33. The first-order valence-electron chi connectivity index (χ1n) is 6.56. The summed E-state index contributed by atoms with van der Waals surface area (Å²) in [5.41, 5.74) is 0. The van der Waals surface area contributed by atoms with Gasteiger partial charge in [-0.05, 0) is 40.9 Å². The summed E-state index contributed by atoms with van der Waals surface area (Å²) in [5.74, 6) is -0.623. The van der Waals surface area contributed by atoms with Crippen LogP contribution >= 0.6 is 0 Å². The number of hydrogen-bond donors (Lipinski definition) is 0. The van der Waals surface area contributed by atoms with Crippen molar-refractivity contribution in [1.82, 2.24) is 4.90 Å². The van der Waals surface area contributed by atoms with Gasteiger partial charge in [-0.15, -0.1) is 0 Å². The fourth-order valence-corrected chi connectivity index (χ4v) is 1.40. The van der Waals surface area contributed by atoms with Gasteiger partial charge < -0.3 is 14.4 Å². The number of hydrogen-bond acceptors (Lipinski definition) is 5. The Morgan fingerprint density at radius 1 is 1.26 bits per heavy atom. The zero-order chi connectivity index (χ0) is 14.7. The summed E-state index contributed by atoms with van der Waals surface area (Å²) < 4.78 is 10.1. The number of nitrogens with zero attached hydrogens (tertiary/aromatic N) is 1. The molecule has 0 N–H and O–H groups in total. The van der Waals surface area contributed by atoms with Gasteiger partial charge in [0.05, 0.1) is 6.42 Å². The highest BCUT2D eigenvalue weighted by Crippen LogP contribution is 2.03. The second-order valence-corrected chi connectivity index (χ2v) is 4.66. The van der Waals surface area contributed by atoms with Crippen LogP contribution in [0.5, 0.6) is 0 Å². The van der Waals surface area contributed by atoms with Crippen LogP contribution in [0.1, 0.15) is 33.1 Å². The van der Waals surface area contributed by atoms with Crippen LogP contribution in [0.2, 0.25) is 0 Å². The minimum atomic E-state index is -0.440.